The number of fused-ring (bicyclic) bond motifs is 5. The van der Waals surface area contributed by atoms with Gasteiger partial charge in [-0.25, -0.2) is 4.79 Å². The maximum absolute atomic E-state index is 12.5. The molecule has 7 nitrogen and oxygen atoms in total. The van der Waals surface area contributed by atoms with Crippen LogP contribution < -0.4 is 0 Å². The van der Waals surface area contributed by atoms with Gasteiger partial charge in [-0.1, -0.05) is 13.8 Å². The van der Waals surface area contributed by atoms with Crippen molar-refractivity contribution >= 4 is 17.9 Å². The Hall–Kier alpha value is -1.89. The molecule has 34 heavy (non-hydrogen) atoms. The van der Waals surface area contributed by atoms with E-state index >= 15 is 0 Å². The zero-order chi connectivity index (χ0) is 24.5. The van der Waals surface area contributed by atoms with Crippen molar-refractivity contribution in [2.24, 2.45) is 34.5 Å². The molecule has 9 atom stereocenters. The summed E-state index contributed by atoms with van der Waals surface area (Å²) in [6.45, 7) is 7.61. The Morgan fingerprint density at radius 1 is 1.03 bits per heavy atom. The molecule has 1 aliphatic heterocycles. The average molecular weight is 475 g/mol. The van der Waals surface area contributed by atoms with Gasteiger partial charge < -0.3 is 19.3 Å². The monoisotopic (exact) mass is 474 g/mol. The number of aliphatic hydroxyl groups is 1. The van der Waals surface area contributed by atoms with Gasteiger partial charge in [-0.15, -0.1) is 0 Å². The van der Waals surface area contributed by atoms with E-state index in [4.69, 9.17) is 14.2 Å². The third-order valence-corrected chi connectivity index (χ3v) is 10.5. The highest BCUT2D eigenvalue weighted by molar-refractivity contribution is 5.85. The summed E-state index contributed by atoms with van der Waals surface area (Å²) in [4.78, 5) is 35.4. The van der Waals surface area contributed by atoms with Crippen molar-refractivity contribution in [3.8, 4) is 0 Å². The maximum Gasteiger partial charge on any atom is 0.331 e. The second-order valence-corrected chi connectivity index (χ2v) is 12.0. The van der Waals surface area contributed by atoms with E-state index in [9.17, 15) is 19.5 Å². The average Bonchev–Trinajstić information content (AvgIpc) is 3.25. The van der Waals surface area contributed by atoms with Gasteiger partial charge in [-0.2, -0.15) is 0 Å². The van der Waals surface area contributed by atoms with Gasteiger partial charge in [0, 0.05) is 37.7 Å². The van der Waals surface area contributed by atoms with Crippen LogP contribution in [0.5, 0.6) is 0 Å². The van der Waals surface area contributed by atoms with Crippen LogP contribution in [0, 0.1) is 34.5 Å². The Balaban J connectivity index is 1.46. The van der Waals surface area contributed by atoms with E-state index in [0.717, 1.165) is 50.5 Å². The summed E-state index contributed by atoms with van der Waals surface area (Å²) < 4.78 is 16.6. The van der Waals surface area contributed by atoms with E-state index in [1.165, 1.54) is 13.8 Å². The van der Waals surface area contributed by atoms with Crippen molar-refractivity contribution in [1.29, 1.82) is 0 Å². The van der Waals surface area contributed by atoms with Gasteiger partial charge in [-0.3, -0.25) is 9.59 Å². The molecule has 0 aromatic heterocycles. The first-order chi connectivity index (χ1) is 16.0. The lowest BCUT2D eigenvalue weighted by Crippen LogP contribution is -2.62. The second-order valence-electron chi connectivity index (χ2n) is 12.0. The molecule has 5 rings (SSSR count). The first-order valence-corrected chi connectivity index (χ1v) is 12.9. The number of hydrogen-bond donors (Lipinski definition) is 1. The summed E-state index contributed by atoms with van der Waals surface area (Å²) in [7, 11) is 0. The molecule has 1 N–H and O–H groups in total. The smallest absolute Gasteiger partial charge is 0.331 e. The third-order valence-electron chi connectivity index (χ3n) is 10.5. The van der Waals surface area contributed by atoms with Gasteiger partial charge in [0.15, 0.2) is 0 Å². The van der Waals surface area contributed by atoms with Crippen LogP contribution in [0.25, 0.3) is 0 Å². The molecule has 5 aliphatic rings. The molecule has 3 unspecified atom stereocenters. The Kier molecular flexibility index (Phi) is 5.66. The van der Waals surface area contributed by atoms with Gasteiger partial charge >= 0.3 is 17.9 Å². The van der Waals surface area contributed by atoms with Crippen molar-refractivity contribution in [1.82, 2.24) is 0 Å². The molecule has 0 saturated heterocycles. The Morgan fingerprint density at radius 3 is 2.41 bits per heavy atom. The standard InChI is InChI=1S/C27H38O7/c1-15(28)33-19-7-9-25(3)18(12-19)5-6-21-20(25)8-10-26(4)24(17-11-23(30)32-14-17)22(34-16(2)29)13-27(21,26)31/h11,18-22,24,31H,5-10,12-14H2,1-4H3/t18?,19-,20?,21?,22-,24-,25-,26+,27-/m0/s1. The van der Waals surface area contributed by atoms with Crippen molar-refractivity contribution in [2.45, 2.75) is 96.9 Å². The van der Waals surface area contributed by atoms with Crippen LogP contribution in [0.4, 0.5) is 0 Å². The number of carbonyl (C=O) groups is 3. The highest BCUT2D eigenvalue weighted by atomic mass is 16.6. The topological polar surface area (TPSA) is 99.1 Å². The van der Waals surface area contributed by atoms with Gasteiger partial charge in [0.2, 0.25) is 0 Å². The summed E-state index contributed by atoms with van der Waals surface area (Å²) in [6, 6.07) is 0. The van der Waals surface area contributed by atoms with E-state index in [2.05, 4.69) is 13.8 Å². The molecule has 4 aliphatic carbocycles. The Labute approximate surface area is 201 Å². The summed E-state index contributed by atoms with van der Waals surface area (Å²) in [5.74, 6) is -0.190. The molecule has 0 aromatic rings. The van der Waals surface area contributed by atoms with Gasteiger partial charge in [0.25, 0.3) is 0 Å². The predicted octanol–water partition coefficient (Wildman–Crippen LogP) is 3.72. The van der Waals surface area contributed by atoms with Crippen LogP contribution in [0.3, 0.4) is 0 Å². The highest BCUT2D eigenvalue weighted by Crippen LogP contribution is 2.70. The fourth-order valence-corrected chi connectivity index (χ4v) is 9.08. The number of cyclic esters (lactones) is 1. The zero-order valence-corrected chi connectivity index (χ0v) is 20.8. The van der Waals surface area contributed by atoms with Gasteiger partial charge in [0.05, 0.1) is 5.60 Å². The maximum atomic E-state index is 12.5. The minimum Gasteiger partial charge on any atom is -0.463 e. The summed E-state index contributed by atoms with van der Waals surface area (Å²) in [5, 5.41) is 12.5. The van der Waals surface area contributed by atoms with Crippen LogP contribution in [0.1, 0.15) is 79.1 Å². The lowest BCUT2D eigenvalue weighted by molar-refractivity contribution is -0.210. The largest absolute Gasteiger partial charge is 0.463 e. The van der Waals surface area contributed by atoms with Crippen LogP contribution in [0.2, 0.25) is 0 Å². The quantitative estimate of drug-likeness (QED) is 0.492. The number of rotatable bonds is 3. The number of esters is 3. The third kappa shape index (κ3) is 3.44. The van der Waals surface area contributed by atoms with Crippen molar-refractivity contribution < 1.29 is 33.7 Å². The van der Waals surface area contributed by atoms with E-state index in [1.807, 2.05) is 0 Å². The molecule has 0 bridgehead atoms. The molecule has 0 radical (unpaired) electrons. The molecule has 0 spiro atoms. The van der Waals surface area contributed by atoms with E-state index in [-0.39, 0.29) is 47.9 Å². The zero-order valence-electron chi connectivity index (χ0n) is 20.8. The number of carbonyl (C=O) groups excluding carboxylic acids is 3. The lowest BCUT2D eigenvalue weighted by atomic mass is 9.43. The summed E-state index contributed by atoms with van der Waals surface area (Å²) in [5.41, 5.74) is -0.535. The molecule has 4 fully saturated rings. The first-order valence-electron chi connectivity index (χ1n) is 12.9. The Bertz CT molecular complexity index is 926. The molecule has 0 amide bonds. The van der Waals surface area contributed by atoms with Crippen LogP contribution in [-0.4, -0.2) is 47.4 Å². The molecule has 0 aromatic carbocycles. The van der Waals surface area contributed by atoms with Crippen molar-refractivity contribution in [3.05, 3.63) is 11.6 Å². The fraction of sp³-hybridized carbons (Fsp3) is 0.815. The van der Waals surface area contributed by atoms with E-state index < -0.39 is 17.1 Å². The Morgan fingerprint density at radius 2 is 1.76 bits per heavy atom. The van der Waals surface area contributed by atoms with Crippen LogP contribution in [0.15, 0.2) is 11.6 Å². The minimum absolute atomic E-state index is 0.000108. The van der Waals surface area contributed by atoms with Crippen LogP contribution in [-0.2, 0) is 28.6 Å². The molecular formula is C27H38O7. The van der Waals surface area contributed by atoms with Crippen molar-refractivity contribution in [2.75, 3.05) is 6.61 Å². The molecular weight excluding hydrogens is 436 g/mol. The summed E-state index contributed by atoms with van der Waals surface area (Å²) >= 11 is 0. The highest BCUT2D eigenvalue weighted by Gasteiger charge is 2.71. The van der Waals surface area contributed by atoms with E-state index in [0.29, 0.717) is 18.3 Å². The number of ether oxygens (including phenoxy) is 3. The fourth-order valence-electron chi connectivity index (χ4n) is 9.08. The molecule has 4 saturated carbocycles. The van der Waals surface area contributed by atoms with Crippen molar-refractivity contribution in [3.63, 3.8) is 0 Å². The van der Waals surface area contributed by atoms with Gasteiger partial charge in [-0.05, 0) is 73.7 Å². The second kappa shape index (κ2) is 8.07. The lowest BCUT2D eigenvalue weighted by Gasteiger charge is -2.63. The minimum atomic E-state index is -0.978. The summed E-state index contributed by atoms with van der Waals surface area (Å²) in [6.07, 6.45) is 7.98. The number of hydrogen-bond acceptors (Lipinski definition) is 7. The molecule has 188 valence electrons. The van der Waals surface area contributed by atoms with Crippen LogP contribution >= 0.6 is 0 Å². The normalized spacial score (nSPS) is 47.6. The first kappa shape index (κ1) is 23.8. The SMILES string of the molecule is CC(=O)O[C@H]1CC[C@@]2(C)C(CCC3C2CC[C@]2(C)[C@@H](C4=CC(=O)OC4)[C@@H](OC(C)=O)C[C@]32O)C1. The van der Waals surface area contributed by atoms with Gasteiger partial charge in [0.1, 0.15) is 18.8 Å². The molecule has 7 heteroatoms. The predicted molar refractivity (Wildman–Crippen MR) is 122 cm³/mol. The van der Waals surface area contributed by atoms with E-state index in [1.54, 1.807) is 6.08 Å². The molecule has 1 heterocycles.